The van der Waals surface area contributed by atoms with Crippen LogP contribution in [0.1, 0.15) is 34.7 Å². The van der Waals surface area contributed by atoms with E-state index >= 15 is 0 Å². The first-order valence-corrected chi connectivity index (χ1v) is 9.85. The van der Waals surface area contributed by atoms with Gasteiger partial charge in [0.15, 0.2) is 0 Å². The summed E-state index contributed by atoms with van der Waals surface area (Å²) in [5.41, 5.74) is 1.51. The maximum atomic E-state index is 13.4. The summed E-state index contributed by atoms with van der Waals surface area (Å²) in [5.74, 6) is -0.0573. The Morgan fingerprint density at radius 1 is 1.13 bits per heavy atom. The van der Waals surface area contributed by atoms with Crippen LogP contribution in [0.25, 0.3) is 11.4 Å². The maximum Gasteiger partial charge on any atom is 0.251 e. The quantitative estimate of drug-likeness (QED) is 0.453. The molecule has 3 aromatic rings. The first kappa shape index (κ1) is 21.9. The molecule has 162 valence electrons. The molecule has 2 amide bonds. The summed E-state index contributed by atoms with van der Waals surface area (Å²) in [4.78, 5) is 28.2. The second kappa shape index (κ2) is 10.3. The number of nitrogens with one attached hydrogen (secondary N) is 2. The number of carbonyl (C=O) groups is 2. The van der Waals surface area contributed by atoms with E-state index in [2.05, 4.69) is 20.8 Å². The molecule has 8 nitrogen and oxygen atoms in total. The lowest BCUT2D eigenvalue weighted by Crippen LogP contribution is -2.30. The van der Waals surface area contributed by atoms with Crippen LogP contribution in [0.15, 0.2) is 47.0 Å². The minimum absolute atomic E-state index is 0.0288. The van der Waals surface area contributed by atoms with Crippen molar-refractivity contribution < 1.29 is 23.6 Å². The summed E-state index contributed by atoms with van der Waals surface area (Å²) >= 11 is 0. The highest BCUT2D eigenvalue weighted by molar-refractivity contribution is 5.94. The molecule has 0 spiro atoms. The van der Waals surface area contributed by atoms with Gasteiger partial charge in [-0.05, 0) is 55.3 Å². The van der Waals surface area contributed by atoms with Crippen LogP contribution < -0.4 is 10.6 Å². The molecule has 0 bridgehead atoms. The van der Waals surface area contributed by atoms with E-state index in [9.17, 15) is 19.1 Å². The molecule has 1 aromatic heterocycles. The van der Waals surface area contributed by atoms with E-state index in [0.29, 0.717) is 47.9 Å². The molecule has 0 fully saturated rings. The number of aromatic nitrogens is 2. The minimum atomic E-state index is -0.303. The van der Waals surface area contributed by atoms with Gasteiger partial charge in [0, 0.05) is 37.1 Å². The number of rotatable bonds is 9. The largest absolute Gasteiger partial charge is 0.508 e. The van der Waals surface area contributed by atoms with Crippen molar-refractivity contribution in [3.63, 3.8) is 0 Å². The summed E-state index contributed by atoms with van der Waals surface area (Å²) in [6.07, 6.45) is 1.03. The Morgan fingerprint density at radius 3 is 2.71 bits per heavy atom. The molecule has 0 radical (unpaired) electrons. The Kier molecular flexibility index (Phi) is 7.31. The summed E-state index contributed by atoms with van der Waals surface area (Å²) < 4.78 is 18.5. The maximum absolute atomic E-state index is 13.4. The van der Waals surface area contributed by atoms with Gasteiger partial charge in [-0.25, -0.2) is 4.39 Å². The second-order valence-electron chi connectivity index (χ2n) is 6.99. The average molecular weight is 426 g/mol. The molecule has 31 heavy (non-hydrogen) atoms. The molecule has 9 heteroatoms. The van der Waals surface area contributed by atoms with Crippen molar-refractivity contribution in [2.45, 2.75) is 26.2 Å². The van der Waals surface area contributed by atoms with Gasteiger partial charge in [-0.15, -0.1) is 0 Å². The van der Waals surface area contributed by atoms with Crippen molar-refractivity contribution in [2.24, 2.45) is 0 Å². The predicted molar refractivity (Wildman–Crippen MR) is 111 cm³/mol. The van der Waals surface area contributed by atoms with Crippen molar-refractivity contribution in [2.75, 3.05) is 13.1 Å². The van der Waals surface area contributed by atoms with Crippen LogP contribution in [0, 0.1) is 12.7 Å². The SMILES string of the molecule is Cc1cc(-c2noc(CCC(=O)NCCCNC(=O)c3cccc(O)c3)n2)ccc1F. The fourth-order valence-corrected chi connectivity index (χ4v) is 2.83. The topological polar surface area (TPSA) is 117 Å². The lowest BCUT2D eigenvalue weighted by atomic mass is 10.1. The molecular formula is C22H23FN4O4. The standard InChI is InChI=1S/C22H23FN4O4/c1-14-12-15(6-7-18(14)23)21-26-20(31-27-21)9-8-19(29)24-10-3-11-25-22(30)16-4-2-5-17(28)13-16/h2,4-7,12-13,28H,3,8-11H2,1H3,(H,24,29)(H,25,30). The number of nitrogens with zero attached hydrogens (tertiary/aromatic N) is 2. The van der Waals surface area contributed by atoms with Crippen LogP contribution in [0.2, 0.25) is 0 Å². The van der Waals surface area contributed by atoms with Crippen LogP contribution in [0.4, 0.5) is 4.39 Å². The first-order valence-electron chi connectivity index (χ1n) is 9.85. The van der Waals surface area contributed by atoms with Crippen molar-refractivity contribution in [3.8, 4) is 17.1 Å². The summed E-state index contributed by atoms with van der Waals surface area (Å²) in [6.45, 7) is 2.45. The fraction of sp³-hybridized carbons (Fsp3) is 0.273. The first-order chi connectivity index (χ1) is 14.9. The van der Waals surface area contributed by atoms with E-state index < -0.39 is 0 Å². The zero-order valence-electron chi connectivity index (χ0n) is 17.0. The van der Waals surface area contributed by atoms with E-state index in [1.54, 1.807) is 31.2 Å². The third-order valence-corrected chi connectivity index (χ3v) is 4.52. The molecule has 3 rings (SSSR count). The van der Waals surface area contributed by atoms with Gasteiger partial charge in [0.05, 0.1) is 0 Å². The van der Waals surface area contributed by atoms with Crippen LogP contribution >= 0.6 is 0 Å². The second-order valence-corrected chi connectivity index (χ2v) is 6.99. The molecule has 0 unspecified atom stereocenters. The lowest BCUT2D eigenvalue weighted by molar-refractivity contribution is -0.121. The molecule has 3 N–H and O–H groups in total. The molecule has 0 saturated heterocycles. The highest BCUT2D eigenvalue weighted by atomic mass is 19.1. The van der Waals surface area contributed by atoms with Gasteiger partial charge in [-0.2, -0.15) is 4.98 Å². The van der Waals surface area contributed by atoms with Gasteiger partial charge in [0.2, 0.25) is 17.6 Å². The van der Waals surface area contributed by atoms with E-state index in [1.165, 1.54) is 18.2 Å². The summed E-state index contributed by atoms with van der Waals surface area (Å²) in [7, 11) is 0. The van der Waals surface area contributed by atoms with Gasteiger partial charge in [0.1, 0.15) is 11.6 Å². The van der Waals surface area contributed by atoms with Crippen LogP contribution in [0.5, 0.6) is 5.75 Å². The number of phenolic OH excluding ortho intramolecular Hbond substituents is 1. The van der Waals surface area contributed by atoms with Gasteiger partial charge in [-0.1, -0.05) is 11.2 Å². The van der Waals surface area contributed by atoms with Crippen LogP contribution in [-0.2, 0) is 11.2 Å². The highest BCUT2D eigenvalue weighted by Gasteiger charge is 2.12. The molecule has 1 heterocycles. The van der Waals surface area contributed by atoms with Crippen molar-refractivity contribution in [1.82, 2.24) is 20.8 Å². The fourth-order valence-electron chi connectivity index (χ4n) is 2.83. The molecule has 0 aliphatic rings. The highest BCUT2D eigenvalue weighted by Crippen LogP contribution is 2.19. The van der Waals surface area contributed by atoms with Gasteiger partial charge in [-0.3, -0.25) is 9.59 Å². The Morgan fingerprint density at radius 2 is 1.94 bits per heavy atom. The Hall–Kier alpha value is -3.75. The van der Waals surface area contributed by atoms with Crippen molar-refractivity contribution in [1.29, 1.82) is 0 Å². The molecule has 0 aliphatic carbocycles. The summed E-state index contributed by atoms with van der Waals surface area (Å²) in [6, 6.07) is 10.6. The molecule has 0 atom stereocenters. The number of aryl methyl sites for hydroxylation is 2. The van der Waals surface area contributed by atoms with E-state index in [4.69, 9.17) is 4.52 Å². The normalized spacial score (nSPS) is 10.6. The number of hydrogen-bond acceptors (Lipinski definition) is 6. The number of benzene rings is 2. The number of aromatic hydroxyl groups is 1. The zero-order valence-corrected chi connectivity index (χ0v) is 17.0. The molecular weight excluding hydrogens is 403 g/mol. The predicted octanol–water partition coefficient (Wildman–Crippen LogP) is 2.76. The van der Waals surface area contributed by atoms with Crippen LogP contribution in [-0.4, -0.2) is 40.2 Å². The Labute approximate surface area is 178 Å². The lowest BCUT2D eigenvalue weighted by Gasteiger charge is -2.07. The smallest absolute Gasteiger partial charge is 0.251 e. The molecule has 0 saturated carbocycles. The van der Waals surface area contributed by atoms with Crippen molar-refractivity contribution in [3.05, 3.63) is 65.3 Å². The Balaban J connectivity index is 1.35. The van der Waals surface area contributed by atoms with E-state index in [0.717, 1.165) is 0 Å². The van der Waals surface area contributed by atoms with Crippen LogP contribution in [0.3, 0.4) is 0 Å². The monoisotopic (exact) mass is 426 g/mol. The van der Waals surface area contributed by atoms with Gasteiger partial charge >= 0.3 is 0 Å². The summed E-state index contributed by atoms with van der Waals surface area (Å²) in [5, 5.41) is 18.8. The number of carbonyl (C=O) groups excluding carboxylic acids is 2. The molecule has 0 aliphatic heterocycles. The Bertz CT molecular complexity index is 1070. The van der Waals surface area contributed by atoms with E-state index in [-0.39, 0.29) is 36.2 Å². The molecule has 2 aromatic carbocycles. The number of amides is 2. The third kappa shape index (κ3) is 6.36. The average Bonchev–Trinajstić information content (AvgIpc) is 3.23. The van der Waals surface area contributed by atoms with Gasteiger partial charge < -0.3 is 20.3 Å². The zero-order chi connectivity index (χ0) is 22.2. The number of phenols is 1. The number of halogens is 1. The minimum Gasteiger partial charge on any atom is -0.508 e. The third-order valence-electron chi connectivity index (χ3n) is 4.52. The van der Waals surface area contributed by atoms with Crippen molar-refractivity contribution >= 4 is 11.8 Å². The number of hydrogen-bond donors (Lipinski definition) is 3. The van der Waals surface area contributed by atoms with Gasteiger partial charge in [0.25, 0.3) is 5.91 Å². The van der Waals surface area contributed by atoms with E-state index in [1.807, 2.05) is 0 Å².